The SMILES string of the molecule is O=C(O)C1=CC(O)CC1C(=O)O. The number of hydrogen-bond donors (Lipinski definition) is 3. The van der Waals surface area contributed by atoms with E-state index in [9.17, 15) is 9.59 Å². The molecule has 12 heavy (non-hydrogen) atoms. The minimum absolute atomic E-state index is 0.0447. The maximum atomic E-state index is 10.4. The van der Waals surface area contributed by atoms with E-state index >= 15 is 0 Å². The fraction of sp³-hybridized carbons (Fsp3) is 0.429. The second-order valence-electron chi connectivity index (χ2n) is 2.62. The van der Waals surface area contributed by atoms with Gasteiger partial charge in [0.05, 0.1) is 12.0 Å². The van der Waals surface area contributed by atoms with Crippen molar-refractivity contribution < 1.29 is 24.9 Å². The zero-order chi connectivity index (χ0) is 9.30. The van der Waals surface area contributed by atoms with E-state index in [4.69, 9.17) is 15.3 Å². The summed E-state index contributed by atoms with van der Waals surface area (Å²) in [5.41, 5.74) is -0.227. The highest BCUT2D eigenvalue weighted by Crippen LogP contribution is 2.26. The smallest absolute Gasteiger partial charge is 0.332 e. The van der Waals surface area contributed by atoms with Crippen molar-refractivity contribution in [2.24, 2.45) is 5.92 Å². The highest BCUT2D eigenvalue weighted by molar-refractivity contribution is 5.94. The molecule has 0 aromatic rings. The quantitative estimate of drug-likeness (QED) is 0.520. The Kier molecular flexibility index (Phi) is 2.14. The van der Waals surface area contributed by atoms with E-state index in [-0.39, 0.29) is 12.0 Å². The van der Waals surface area contributed by atoms with Crippen LogP contribution in [0, 0.1) is 5.92 Å². The molecule has 0 saturated heterocycles. The first-order chi connectivity index (χ1) is 5.52. The van der Waals surface area contributed by atoms with Crippen LogP contribution in [-0.2, 0) is 9.59 Å². The van der Waals surface area contributed by atoms with Crippen molar-refractivity contribution in [3.8, 4) is 0 Å². The van der Waals surface area contributed by atoms with Gasteiger partial charge < -0.3 is 15.3 Å². The molecule has 1 aliphatic rings. The van der Waals surface area contributed by atoms with Crippen LogP contribution in [0.15, 0.2) is 11.6 Å². The third kappa shape index (κ3) is 1.45. The number of carbonyl (C=O) groups is 2. The van der Waals surface area contributed by atoms with Gasteiger partial charge in [0.1, 0.15) is 0 Å². The zero-order valence-corrected chi connectivity index (χ0v) is 6.10. The minimum Gasteiger partial charge on any atom is -0.481 e. The average Bonchev–Trinajstić information content (AvgIpc) is 2.31. The van der Waals surface area contributed by atoms with E-state index in [1.165, 1.54) is 0 Å². The molecule has 66 valence electrons. The average molecular weight is 172 g/mol. The van der Waals surface area contributed by atoms with Crippen LogP contribution in [0.5, 0.6) is 0 Å². The topological polar surface area (TPSA) is 94.8 Å². The predicted octanol–water partition coefficient (Wildman–Crippen LogP) is -0.537. The van der Waals surface area contributed by atoms with Gasteiger partial charge >= 0.3 is 11.9 Å². The lowest BCUT2D eigenvalue weighted by atomic mass is 10.0. The Hall–Kier alpha value is -1.36. The van der Waals surface area contributed by atoms with Gasteiger partial charge in [0.15, 0.2) is 0 Å². The molecule has 0 aliphatic heterocycles. The van der Waals surface area contributed by atoms with Gasteiger partial charge in [-0.3, -0.25) is 4.79 Å². The number of hydrogen-bond acceptors (Lipinski definition) is 3. The first kappa shape index (κ1) is 8.73. The number of carboxylic acid groups (broad SMARTS) is 2. The molecule has 0 aromatic heterocycles. The monoisotopic (exact) mass is 172 g/mol. The Morgan fingerprint density at radius 1 is 1.42 bits per heavy atom. The molecule has 2 atom stereocenters. The number of rotatable bonds is 2. The molecule has 0 aromatic carbocycles. The molecular formula is C7H8O5. The predicted molar refractivity (Wildman–Crippen MR) is 37.5 cm³/mol. The van der Waals surface area contributed by atoms with Gasteiger partial charge in [0.25, 0.3) is 0 Å². The Morgan fingerprint density at radius 3 is 2.33 bits per heavy atom. The van der Waals surface area contributed by atoms with Crippen LogP contribution in [0.4, 0.5) is 0 Å². The van der Waals surface area contributed by atoms with Crippen molar-refractivity contribution in [3.63, 3.8) is 0 Å². The third-order valence-electron chi connectivity index (χ3n) is 1.77. The lowest BCUT2D eigenvalue weighted by molar-refractivity contribution is -0.143. The molecule has 0 fully saturated rings. The van der Waals surface area contributed by atoms with Gasteiger partial charge in [0.2, 0.25) is 0 Å². The lowest BCUT2D eigenvalue weighted by Crippen LogP contribution is -2.18. The van der Waals surface area contributed by atoms with Gasteiger partial charge in [-0.15, -0.1) is 0 Å². The molecule has 5 nitrogen and oxygen atoms in total. The van der Waals surface area contributed by atoms with E-state index in [0.29, 0.717) is 0 Å². The third-order valence-corrected chi connectivity index (χ3v) is 1.77. The number of aliphatic hydroxyl groups is 1. The van der Waals surface area contributed by atoms with Crippen LogP contribution in [0.1, 0.15) is 6.42 Å². The lowest BCUT2D eigenvalue weighted by Gasteiger charge is -2.04. The number of aliphatic hydroxyl groups excluding tert-OH is 1. The standard InChI is InChI=1S/C7H8O5/c8-3-1-4(6(9)10)5(2-3)7(11)12/h1,3,5,8H,2H2,(H,9,10)(H,11,12). The maximum absolute atomic E-state index is 10.4. The summed E-state index contributed by atoms with van der Waals surface area (Å²) in [6.07, 6.45) is 0.0788. The summed E-state index contributed by atoms with van der Waals surface area (Å²) in [7, 11) is 0. The molecule has 5 heteroatoms. The van der Waals surface area contributed by atoms with Gasteiger partial charge in [-0.1, -0.05) is 0 Å². The maximum Gasteiger partial charge on any atom is 0.332 e. The molecule has 1 rings (SSSR count). The molecule has 0 radical (unpaired) electrons. The normalized spacial score (nSPS) is 28.2. The molecule has 0 heterocycles. The van der Waals surface area contributed by atoms with E-state index in [1.807, 2.05) is 0 Å². The Morgan fingerprint density at radius 2 is 2.00 bits per heavy atom. The van der Waals surface area contributed by atoms with Crippen molar-refractivity contribution in [2.75, 3.05) is 0 Å². The second kappa shape index (κ2) is 2.94. The Bertz CT molecular complexity index is 255. The summed E-state index contributed by atoms with van der Waals surface area (Å²) in [5.74, 6) is -3.56. The van der Waals surface area contributed by atoms with Gasteiger partial charge in [-0.25, -0.2) is 4.79 Å². The summed E-state index contributed by atoms with van der Waals surface area (Å²) in [4.78, 5) is 20.9. The van der Waals surface area contributed by atoms with Crippen LogP contribution in [0.25, 0.3) is 0 Å². The number of carboxylic acids is 2. The van der Waals surface area contributed by atoms with E-state index < -0.39 is 24.0 Å². The van der Waals surface area contributed by atoms with E-state index in [0.717, 1.165) is 6.08 Å². The van der Waals surface area contributed by atoms with Crippen LogP contribution in [0.2, 0.25) is 0 Å². The molecule has 3 N–H and O–H groups in total. The van der Waals surface area contributed by atoms with Crippen molar-refractivity contribution in [1.82, 2.24) is 0 Å². The van der Waals surface area contributed by atoms with Gasteiger partial charge in [-0.05, 0) is 12.5 Å². The summed E-state index contributed by atoms with van der Waals surface area (Å²) in [6.45, 7) is 0. The fourth-order valence-corrected chi connectivity index (χ4v) is 1.21. The minimum atomic E-state index is -1.28. The van der Waals surface area contributed by atoms with Gasteiger partial charge in [0, 0.05) is 5.57 Å². The molecular weight excluding hydrogens is 164 g/mol. The van der Waals surface area contributed by atoms with Crippen LogP contribution >= 0.6 is 0 Å². The molecule has 0 amide bonds. The van der Waals surface area contributed by atoms with E-state index in [1.54, 1.807) is 0 Å². The van der Waals surface area contributed by atoms with Crippen molar-refractivity contribution in [1.29, 1.82) is 0 Å². The number of aliphatic carboxylic acids is 2. The van der Waals surface area contributed by atoms with Crippen molar-refractivity contribution >= 4 is 11.9 Å². The Balaban J connectivity index is 2.87. The highest BCUT2D eigenvalue weighted by atomic mass is 16.4. The van der Waals surface area contributed by atoms with Crippen LogP contribution in [0.3, 0.4) is 0 Å². The van der Waals surface area contributed by atoms with Crippen LogP contribution < -0.4 is 0 Å². The first-order valence-corrected chi connectivity index (χ1v) is 3.38. The molecule has 1 aliphatic carbocycles. The summed E-state index contributed by atoms with van der Waals surface area (Å²) in [5, 5.41) is 26.0. The van der Waals surface area contributed by atoms with Gasteiger partial charge in [-0.2, -0.15) is 0 Å². The molecule has 2 unspecified atom stereocenters. The fourth-order valence-electron chi connectivity index (χ4n) is 1.21. The summed E-state index contributed by atoms with van der Waals surface area (Å²) >= 11 is 0. The summed E-state index contributed by atoms with van der Waals surface area (Å²) < 4.78 is 0. The largest absolute Gasteiger partial charge is 0.481 e. The molecule has 0 spiro atoms. The second-order valence-corrected chi connectivity index (χ2v) is 2.62. The van der Waals surface area contributed by atoms with E-state index in [2.05, 4.69) is 0 Å². The zero-order valence-electron chi connectivity index (χ0n) is 6.10. The van der Waals surface area contributed by atoms with Crippen molar-refractivity contribution in [2.45, 2.75) is 12.5 Å². The highest BCUT2D eigenvalue weighted by Gasteiger charge is 2.34. The van der Waals surface area contributed by atoms with Crippen molar-refractivity contribution in [3.05, 3.63) is 11.6 Å². The Labute approximate surface area is 67.9 Å². The first-order valence-electron chi connectivity index (χ1n) is 3.38. The van der Waals surface area contributed by atoms with Crippen LogP contribution in [-0.4, -0.2) is 33.4 Å². The molecule has 0 bridgehead atoms. The summed E-state index contributed by atoms with van der Waals surface area (Å²) in [6, 6.07) is 0. The molecule has 0 saturated carbocycles.